The summed E-state index contributed by atoms with van der Waals surface area (Å²) in [6.07, 6.45) is 3.86. The highest BCUT2D eigenvalue weighted by Gasteiger charge is 2.33. The van der Waals surface area contributed by atoms with Gasteiger partial charge in [-0.2, -0.15) is 4.31 Å². The average Bonchev–Trinajstić information content (AvgIpc) is 3.62. The first-order chi connectivity index (χ1) is 15.7. The van der Waals surface area contributed by atoms with E-state index in [1.165, 1.54) is 16.4 Å². The van der Waals surface area contributed by atoms with E-state index in [4.69, 9.17) is 0 Å². The van der Waals surface area contributed by atoms with Crippen LogP contribution in [0.4, 0.5) is 11.4 Å². The van der Waals surface area contributed by atoms with Gasteiger partial charge in [0.15, 0.2) is 0 Å². The zero-order valence-corrected chi connectivity index (χ0v) is 20.1. The van der Waals surface area contributed by atoms with Gasteiger partial charge in [0.25, 0.3) is 5.69 Å². The Labute approximate surface area is 195 Å². The molecule has 2 heterocycles. The van der Waals surface area contributed by atoms with Gasteiger partial charge in [-0.1, -0.05) is 6.92 Å². The number of benzene rings is 1. The highest BCUT2D eigenvalue weighted by molar-refractivity contribution is 7.89. The predicted octanol–water partition coefficient (Wildman–Crippen LogP) is 1.80. The highest BCUT2D eigenvalue weighted by atomic mass is 32.2. The molecule has 1 saturated carbocycles. The van der Waals surface area contributed by atoms with Gasteiger partial charge in [-0.25, -0.2) is 8.42 Å². The van der Waals surface area contributed by atoms with E-state index in [0.29, 0.717) is 51.0 Å². The van der Waals surface area contributed by atoms with Gasteiger partial charge in [0.05, 0.1) is 15.9 Å². The molecule has 182 valence electrons. The maximum atomic E-state index is 13.1. The number of piperidine rings is 1. The molecule has 1 aliphatic carbocycles. The van der Waals surface area contributed by atoms with Crippen LogP contribution in [0.5, 0.6) is 0 Å². The molecular formula is C22H33N5O5S. The molecule has 3 fully saturated rings. The Bertz CT molecular complexity index is 1000. The molecule has 0 bridgehead atoms. The van der Waals surface area contributed by atoms with Crippen LogP contribution in [0.25, 0.3) is 0 Å². The van der Waals surface area contributed by atoms with E-state index in [9.17, 15) is 23.3 Å². The maximum Gasteiger partial charge on any atom is 0.293 e. The molecule has 0 aromatic heterocycles. The van der Waals surface area contributed by atoms with Gasteiger partial charge in [-0.3, -0.25) is 19.8 Å². The van der Waals surface area contributed by atoms with Crippen molar-refractivity contribution in [2.75, 3.05) is 44.2 Å². The normalized spacial score (nSPS) is 23.8. The van der Waals surface area contributed by atoms with Crippen LogP contribution in [-0.2, 0) is 14.8 Å². The third kappa shape index (κ3) is 5.30. The first kappa shape index (κ1) is 23.9. The zero-order valence-electron chi connectivity index (χ0n) is 19.3. The van der Waals surface area contributed by atoms with E-state index in [0.717, 1.165) is 25.7 Å². The molecule has 4 rings (SSSR count). The van der Waals surface area contributed by atoms with E-state index in [-0.39, 0.29) is 28.4 Å². The van der Waals surface area contributed by atoms with E-state index in [1.807, 2.05) is 18.7 Å². The van der Waals surface area contributed by atoms with Crippen LogP contribution in [0, 0.1) is 16.0 Å². The van der Waals surface area contributed by atoms with Crippen molar-refractivity contribution in [3.8, 4) is 0 Å². The molecule has 10 nitrogen and oxygen atoms in total. The van der Waals surface area contributed by atoms with Crippen molar-refractivity contribution in [2.45, 2.75) is 56.5 Å². The summed E-state index contributed by atoms with van der Waals surface area (Å²) in [5, 5.41) is 14.9. The summed E-state index contributed by atoms with van der Waals surface area (Å²) < 4.78 is 27.6. The fraction of sp³-hybridized carbons (Fsp3) is 0.682. The quantitative estimate of drug-likeness (QED) is 0.468. The molecule has 1 aromatic carbocycles. The smallest absolute Gasteiger partial charge is 0.293 e. The molecular weight excluding hydrogens is 446 g/mol. The number of nitro benzene ring substituents is 1. The minimum atomic E-state index is -3.78. The van der Waals surface area contributed by atoms with Crippen molar-refractivity contribution in [2.24, 2.45) is 5.92 Å². The largest absolute Gasteiger partial charge is 0.363 e. The van der Waals surface area contributed by atoms with Gasteiger partial charge in [0, 0.05) is 51.4 Å². The van der Waals surface area contributed by atoms with Crippen molar-refractivity contribution in [1.82, 2.24) is 14.5 Å². The Kier molecular flexibility index (Phi) is 6.92. The molecule has 1 aromatic rings. The Balaban J connectivity index is 1.47. The van der Waals surface area contributed by atoms with Crippen molar-refractivity contribution in [3.63, 3.8) is 0 Å². The van der Waals surface area contributed by atoms with Crippen LogP contribution in [0.3, 0.4) is 0 Å². The summed E-state index contributed by atoms with van der Waals surface area (Å²) in [7, 11) is -3.78. The standard InChI is InChI=1S/C22H33N5O5S/c1-16-4-3-9-26(15-16)33(31,32)19-7-8-20(21(14-19)27(29)30)25-12-10-24(11-13-25)17(2)22(28)23-18-5-6-18/h7-8,14,16-18H,3-6,9-13,15H2,1-2H3,(H,23,28). The number of nitrogens with one attached hydrogen (secondary N) is 1. The lowest BCUT2D eigenvalue weighted by atomic mass is 10.0. The van der Waals surface area contributed by atoms with E-state index < -0.39 is 14.9 Å². The number of rotatable bonds is 7. The zero-order chi connectivity index (χ0) is 23.8. The molecule has 33 heavy (non-hydrogen) atoms. The van der Waals surface area contributed by atoms with Crippen LogP contribution in [0.2, 0.25) is 0 Å². The number of anilines is 1. The molecule has 3 aliphatic rings. The van der Waals surface area contributed by atoms with Crippen LogP contribution < -0.4 is 10.2 Å². The van der Waals surface area contributed by atoms with Gasteiger partial charge in [-0.05, 0) is 50.7 Å². The lowest BCUT2D eigenvalue weighted by Crippen LogP contribution is -2.54. The highest BCUT2D eigenvalue weighted by Crippen LogP contribution is 2.33. The first-order valence-electron chi connectivity index (χ1n) is 11.7. The SMILES string of the molecule is CC1CCCN(S(=O)(=O)c2ccc(N3CCN(C(C)C(=O)NC4CC4)CC3)c([N+](=O)[O-])c2)C1. The van der Waals surface area contributed by atoms with Gasteiger partial charge >= 0.3 is 0 Å². The molecule has 2 aliphatic heterocycles. The molecule has 0 spiro atoms. The number of carbonyl (C=O) groups excluding carboxylic acids is 1. The van der Waals surface area contributed by atoms with Gasteiger partial charge in [0.1, 0.15) is 5.69 Å². The van der Waals surface area contributed by atoms with E-state index in [1.54, 1.807) is 6.07 Å². The second-order valence-electron chi connectivity index (χ2n) is 9.50. The fourth-order valence-electron chi connectivity index (χ4n) is 4.66. The van der Waals surface area contributed by atoms with Gasteiger partial charge in [-0.15, -0.1) is 0 Å². The number of hydrogen-bond acceptors (Lipinski definition) is 7. The third-order valence-electron chi connectivity index (χ3n) is 6.91. The molecule has 2 atom stereocenters. The van der Waals surface area contributed by atoms with Crippen LogP contribution >= 0.6 is 0 Å². The first-order valence-corrected chi connectivity index (χ1v) is 13.2. The lowest BCUT2D eigenvalue weighted by Gasteiger charge is -2.38. The predicted molar refractivity (Wildman–Crippen MR) is 125 cm³/mol. The van der Waals surface area contributed by atoms with Gasteiger partial charge in [0.2, 0.25) is 15.9 Å². The average molecular weight is 480 g/mol. The van der Waals surface area contributed by atoms with Crippen molar-refractivity contribution >= 4 is 27.3 Å². The number of piperazine rings is 1. The van der Waals surface area contributed by atoms with Crippen LogP contribution in [0.15, 0.2) is 23.1 Å². The monoisotopic (exact) mass is 479 g/mol. The number of hydrogen-bond donors (Lipinski definition) is 1. The summed E-state index contributed by atoms with van der Waals surface area (Å²) in [6.45, 7) is 7.03. The topological polar surface area (TPSA) is 116 Å². The summed E-state index contributed by atoms with van der Waals surface area (Å²) >= 11 is 0. The molecule has 2 saturated heterocycles. The third-order valence-corrected chi connectivity index (χ3v) is 8.77. The Morgan fingerprint density at radius 2 is 1.85 bits per heavy atom. The summed E-state index contributed by atoms with van der Waals surface area (Å²) in [5.41, 5.74) is 0.217. The summed E-state index contributed by atoms with van der Waals surface area (Å²) in [5.74, 6) is 0.298. The van der Waals surface area contributed by atoms with Crippen LogP contribution in [0.1, 0.15) is 39.5 Å². The molecule has 2 unspecified atom stereocenters. The summed E-state index contributed by atoms with van der Waals surface area (Å²) in [6, 6.07) is 4.29. The Morgan fingerprint density at radius 1 is 1.15 bits per heavy atom. The van der Waals surface area contributed by atoms with Crippen molar-refractivity contribution in [1.29, 1.82) is 0 Å². The second-order valence-corrected chi connectivity index (χ2v) is 11.4. The number of nitro groups is 1. The molecule has 1 amide bonds. The fourth-order valence-corrected chi connectivity index (χ4v) is 6.28. The minimum Gasteiger partial charge on any atom is -0.363 e. The molecule has 11 heteroatoms. The number of carbonyl (C=O) groups is 1. The van der Waals surface area contributed by atoms with Gasteiger partial charge < -0.3 is 10.2 Å². The molecule has 0 radical (unpaired) electrons. The molecule has 1 N–H and O–H groups in total. The number of sulfonamides is 1. The van der Waals surface area contributed by atoms with Crippen LogP contribution in [-0.4, -0.2) is 79.8 Å². The van der Waals surface area contributed by atoms with Crippen molar-refractivity contribution < 1.29 is 18.1 Å². The maximum absolute atomic E-state index is 13.1. The second kappa shape index (κ2) is 9.55. The van der Waals surface area contributed by atoms with Crippen molar-refractivity contribution in [3.05, 3.63) is 28.3 Å². The van der Waals surface area contributed by atoms with E-state index in [2.05, 4.69) is 10.2 Å². The summed E-state index contributed by atoms with van der Waals surface area (Å²) in [4.78, 5) is 27.6. The lowest BCUT2D eigenvalue weighted by molar-refractivity contribution is -0.384. The minimum absolute atomic E-state index is 0.0264. The van der Waals surface area contributed by atoms with E-state index >= 15 is 0 Å². The Hall–Kier alpha value is -2.24. The Morgan fingerprint density at radius 3 is 2.45 bits per heavy atom. The number of amides is 1. The number of nitrogens with zero attached hydrogens (tertiary/aromatic N) is 4.